The maximum atomic E-state index is 11.4. The Bertz CT molecular complexity index is 592. The first-order valence-corrected chi connectivity index (χ1v) is 8.76. The molecule has 2 aromatic rings. The van der Waals surface area contributed by atoms with Gasteiger partial charge in [0.2, 0.25) is 6.54 Å². The average Bonchev–Trinajstić information content (AvgIpc) is 2.64. The Hall–Kier alpha value is -2.24. The van der Waals surface area contributed by atoms with Crippen LogP contribution < -0.4 is 5.73 Å². The van der Waals surface area contributed by atoms with Gasteiger partial charge in [0.1, 0.15) is 0 Å². The summed E-state index contributed by atoms with van der Waals surface area (Å²) in [5, 5.41) is 11.4. The summed E-state index contributed by atoms with van der Waals surface area (Å²) in [4.78, 5) is 11.2. The Morgan fingerprint density at radius 3 is 1.88 bits per heavy atom. The second-order valence-corrected chi connectivity index (χ2v) is 6.10. The minimum Gasteiger partial charge on any atom is -0.359 e. The van der Waals surface area contributed by atoms with Gasteiger partial charge in [-0.2, -0.15) is 0 Å². The van der Waals surface area contributed by atoms with E-state index in [0.29, 0.717) is 13.2 Å². The molecule has 0 aliphatic rings. The lowest BCUT2D eigenvalue weighted by molar-refractivity contribution is -0.501. The largest absolute Gasteiger partial charge is 0.359 e. The molecule has 2 rings (SSSR count). The summed E-state index contributed by atoms with van der Waals surface area (Å²) < 4.78 is 6.22. The van der Waals surface area contributed by atoms with Gasteiger partial charge in [0.25, 0.3) is 0 Å². The molecule has 0 atom stereocenters. The molecule has 0 heterocycles. The summed E-state index contributed by atoms with van der Waals surface area (Å²) >= 11 is 0. The van der Waals surface area contributed by atoms with Gasteiger partial charge in [0.05, 0.1) is 0 Å². The minimum atomic E-state index is -1.07. The van der Waals surface area contributed by atoms with Gasteiger partial charge in [-0.05, 0) is 30.5 Å². The van der Waals surface area contributed by atoms with E-state index >= 15 is 0 Å². The number of unbranched alkanes of at least 4 members (excludes halogenated alkanes) is 3. The summed E-state index contributed by atoms with van der Waals surface area (Å²) in [5.41, 5.74) is 6.05. The fraction of sp³-hybridized carbons (Fsp3) is 0.400. The molecule has 0 saturated carbocycles. The minimum absolute atomic E-state index is 0.297. The number of rotatable bonds is 11. The topological polar surface area (TPSA) is 78.4 Å². The van der Waals surface area contributed by atoms with Crippen LogP contribution in [0.15, 0.2) is 60.7 Å². The lowest BCUT2D eigenvalue weighted by Gasteiger charge is -2.31. The SMILES string of the molecule is NCCCCCCOC(C[N+](=O)[O-])(c1ccccc1)c1ccccc1. The lowest BCUT2D eigenvalue weighted by Crippen LogP contribution is -2.39. The third kappa shape index (κ3) is 5.37. The maximum Gasteiger partial charge on any atom is 0.240 e. The van der Waals surface area contributed by atoms with E-state index in [2.05, 4.69) is 0 Å². The quantitative estimate of drug-likeness (QED) is 0.383. The van der Waals surface area contributed by atoms with Crippen molar-refractivity contribution in [2.24, 2.45) is 5.73 Å². The first-order valence-electron chi connectivity index (χ1n) is 8.76. The van der Waals surface area contributed by atoms with Crippen LogP contribution in [0, 0.1) is 10.1 Å². The molecule has 0 unspecified atom stereocenters. The van der Waals surface area contributed by atoms with E-state index < -0.39 is 5.60 Å². The van der Waals surface area contributed by atoms with Crippen molar-refractivity contribution in [1.29, 1.82) is 0 Å². The van der Waals surface area contributed by atoms with E-state index in [9.17, 15) is 10.1 Å². The third-order valence-electron chi connectivity index (χ3n) is 4.28. The van der Waals surface area contributed by atoms with Crippen molar-refractivity contribution < 1.29 is 9.66 Å². The number of benzene rings is 2. The molecular weight excluding hydrogens is 316 g/mol. The number of ether oxygens (including phenoxy) is 1. The second-order valence-electron chi connectivity index (χ2n) is 6.10. The smallest absolute Gasteiger partial charge is 0.240 e. The van der Waals surface area contributed by atoms with Crippen LogP contribution in [0.2, 0.25) is 0 Å². The number of hydrogen-bond acceptors (Lipinski definition) is 4. The predicted octanol–water partition coefficient (Wildman–Crippen LogP) is 3.74. The van der Waals surface area contributed by atoms with E-state index in [1.54, 1.807) is 0 Å². The molecule has 0 aliphatic heterocycles. The van der Waals surface area contributed by atoms with Crippen molar-refractivity contribution in [3.8, 4) is 0 Å². The summed E-state index contributed by atoms with van der Waals surface area (Å²) in [6.45, 7) is 0.867. The van der Waals surface area contributed by atoms with Gasteiger partial charge in [-0.3, -0.25) is 10.1 Å². The standard InChI is InChI=1S/C20H26N2O3/c21-15-9-1-2-10-16-25-20(17-22(23)24,18-11-5-3-6-12-18)19-13-7-4-8-14-19/h3-8,11-14H,1-2,9-10,15-17,21H2. The molecule has 5 heteroatoms. The van der Waals surface area contributed by atoms with Gasteiger partial charge in [0.15, 0.2) is 5.60 Å². The third-order valence-corrected chi connectivity index (χ3v) is 4.28. The number of nitrogens with zero attached hydrogens (tertiary/aromatic N) is 1. The molecule has 0 amide bonds. The monoisotopic (exact) mass is 342 g/mol. The molecule has 2 aromatic carbocycles. The number of nitro groups is 1. The first kappa shape index (κ1) is 19.1. The molecule has 0 spiro atoms. The molecule has 0 radical (unpaired) electrons. The Balaban J connectivity index is 2.26. The highest BCUT2D eigenvalue weighted by atomic mass is 16.6. The van der Waals surface area contributed by atoms with Gasteiger partial charge in [-0.25, -0.2) is 0 Å². The summed E-state index contributed by atoms with van der Waals surface area (Å²) in [6, 6.07) is 18.9. The molecule has 0 aliphatic carbocycles. The molecule has 0 aromatic heterocycles. The summed E-state index contributed by atoms with van der Waals surface area (Å²) in [7, 11) is 0. The maximum absolute atomic E-state index is 11.4. The highest BCUT2D eigenvalue weighted by molar-refractivity contribution is 5.36. The van der Waals surface area contributed by atoms with E-state index in [0.717, 1.165) is 36.8 Å². The first-order chi connectivity index (χ1) is 12.2. The van der Waals surface area contributed by atoms with E-state index in [1.165, 1.54) is 0 Å². The Kier molecular flexibility index (Phi) is 7.57. The summed E-state index contributed by atoms with van der Waals surface area (Å²) in [5.74, 6) is 0. The van der Waals surface area contributed by atoms with Gasteiger partial charge in [0, 0.05) is 11.5 Å². The van der Waals surface area contributed by atoms with Gasteiger partial charge >= 0.3 is 0 Å². The highest BCUT2D eigenvalue weighted by Gasteiger charge is 2.40. The van der Waals surface area contributed by atoms with Crippen molar-refractivity contribution in [3.05, 3.63) is 81.9 Å². The van der Waals surface area contributed by atoms with Crippen molar-refractivity contribution >= 4 is 0 Å². The van der Waals surface area contributed by atoms with Gasteiger partial charge in [-0.15, -0.1) is 0 Å². The van der Waals surface area contributed by atoms with Crippen LogP contribution in [0.5, 0.6) is 0 Å². The van der Waals surface area contributed by atoms with Crippen molar-refractivity contribution in [1.82, 2.24) is 0 Å². The fourth-order valence-electron chi connectivity index (χ4n) is 3.00. The molecule has 134 valence electrons. The zero-order valence-corrected chi connectivity index (χ0v) is 14.5. The van der Waals surface area contributed by atoms with E-state index in [4.69, 9.17) is 10.5 Å². The molecule has 2 N–H and O–H groups in total. The molecular formula is C20H26N2O3. The second kappa shape index (κ2) is 9.91. The fourth-order valence-corrected chi connectivity index (χ4v) is 3.00. The van der Waals surface area contributed by atoms with Crippen LogP contribution in [0.4, 0.5) is 0 Å². The Labute approximate surface area is 149 Å². The van der Waals surface area contributed by atoms with E-state index in [1.807, 2.05) is 60.7 Å². The van der Waals surface area contributed by atoms with Crippen molar-refractivity contribution in [2.45, 2.75) is 31.3 Å². The predicted molar refractivity (Wildman–Crippen MR) is 99.0 cm³/mol. The normalized spacial score (nSPS) is 11.4. The lowest BCUT2D eigenvalue weighted by atomic mass is 9.86. The van der Waals surface area contributed by atoms with Crippen LogP contribution in [-0.2, 0) is 10.3 Å². The average molecular weight is 342 g/mol. The Morgan fingerprint density at radius 2 is 1.40 bits per heavy atom. The molecule has 0 fully saturated rings. The Morgan fingerprint density at radius 1 is 0.880 bits per heavy atom. The van der Waals surface area contributed by atoms with Crippen LogP contribution in [0.3, 0.4) is 0 Å². The summed E-state index contributed by atoms with van der Waals surface area (Å²) in [6.07, 6.45) is 3.92. The van der Waals surface area contributed by atoms with Gasteiger partial charge in [-0.1, -0.05) is 73.5 Å². The molecule has 0 saturated heterocycles. The van der Waals surface area contributed by atoms with Crippen LogP contribution in [0.25, 0.3) is 0 Å². The van der Waals surface area contributed by atoms with Crippen molar-refractivity contribution in [2.75, 3.05) is 19.7 Å². The van der Waals surface area contributed by atoms with Crippen LogP contribution >= 0.6 is 0 Å². The van der Waals surface area contributed by atoms with Crippen molar-refractivity contribution in [3.63, 3.8) is 0 Å². The molecule has 5 nitrogen and oxygen atoms in total. The van der Waals surface area contributed by atoms with E-state index in [-0.39, 0.29) is 11.5 Å². The molecule has 25 heavy (non-hydrogen) atoms. The zero-order chi connectivity index (χ0) is 18.0. The van der Waals surface area contributed by atoms with Crippen LogP contribution in [0.1, 0.15) is 36.8 Å². The van der Waals surface area contributed by atoms with Crippen LogP contribution in [-0.4, -0.2) is 24.6 Å². The number of nitrogens with two attached hydrogens (primary N) is 1. The number of hydrogen-bond donors (Lipinski definition) is 1. The zero-order valence-electron chi connectivity index (χ0n) is 14.5. The molecule has 0 bridgehead atoms. The van der Waals surface area contributed by atoms with Gasteiger partial charge < -0.3 is 10.5 Å². The highest BCUT2D eigenvalue weighted by Crippen LogP contribution is 2.34.